The molecule has 2 aromatic rings. The number of amides is 1. The number of nitrogens with one attached hydrogen (secondary N) is 1. The van der Waals surface area contributed by atoms with Crippen molar-refractivity contribution in [3.05, 3.63) is 11.5 Å². The van der Waals surface area contributed by atoms with Gasteiger partial charge in [0.05, 0.1) is 16.1 Å². The quantitative estimate of drug-likeness (QED) is 0.683. The Morgan fingerprint density at radius 2 is 2.15 bits per heavy atom. The number of carbonyl (C=O) groups is 1. The molecule has 0 atom stereocenters. The molecule has 1 amide bonds. The van der Waals surface area contributed by atoms with E-state index in [2.05, 4.69) is 38.3 Å². The van der Waals surface area contributed by atoms with Crippen molar-refractivity contribution in [3.63, 3.8) is 0 Å². The van der Waals surface area contributed by atoms with Crippen molar-refractivity contribution in [2.45, 2.75) is 33.1 Å². The van der Waals surface area contributed by atoms with Gasteiger partial charge < -0.3 is 9.88 Å². The number of nitrogens with zero attached hydrogens (tertiary/aromatic N) is 5. The van der Waals surface area contributed by atoms with E-state index in [0.717, 1.165) is 31.6 Å². The third-order valence-electron chi connectivity index (χ3n) is 3.56. The van der Waals surface area contributed by atoms with Gasteiger partial charge in [-0.25, -0.2) is 0 Å². The van der Waals surface area contributed by atoms with Gasteiger partial charge in [-0.2, -0.15) is 0 Å². The highest BCUT2D eigenvalue weighted by atomic mass is 79.9. The highest BCUT2D eigenvalue weighted by molar-refractivity contribution is 9.10. The first-order valence-corrected chi connectivity index (χ1v) is 7.50. The predicted octanol–water partition coefficient (Wildman–Crippen LogP) is 2.09. The topological polar surface area (TPSA) is 69.5 Å². The van der Waals surface area contributed by atoms with Crippen LogP contribution in [0.3, 0.4) is 0 Å². The van der Waals surface area contributed by atoms with Crippen molar-refractivity contribution in [3.8, 4) is 0 Å². The molecule has 0 fully saturated rings. The van der Waals surface area contributed by atoms with E-state index >= 15 is 0 Å². The summed E-state index contributed by atoms with van der Waals surface area (Å²) in [5, 5.41) is 8.03. The van der Waals surface area contributed by atoms with Crippen molar-refractivity contribution in [2.75, 3.05) is 17.1 Å². The number of hydrogen-bond acceptors (Lipinski definition) is 4. The lowest BCUT2D eigenvalue weighted by atomic mass is 10.2. The van der Waals surface area contributed by atoms with E-state index in [1.54, 1.807) is 4.40 Å². The second-order valence-electron chi connectivity index (χ2n) is 5.01. The normalized spacial score (nSPS) is 15.2. The molecule has 0 aromatic carbocycles. The van der Waals surface area contributed by atoms with Crippen LogP contribution in [0.2, 0.25) is 0 Å². The number of carbonyl (C=O) groups excluding carboxylic acids is 1. The fourth-order valence-electron chi connectivity index (χ4n) is 2.51. The standard InChI is InChI=1S/C12H17BrN6O/c1-3-4-5-6-17-7-18(13)10-9(11(17)20)19-8(2)15-16-12(19)14-10/h3-7H2,1-2H3,(H,14,16). The number of anilines is 1. The Bertz CT molecular complexity index is 648. The first-order chi connectivity index (χ1) is 9.63. The van der Waals surface area contributed by atoms with Crippen molar-refractivity contribution < 1.29 is 4.79 Å². The summed E-state index contributed by atoms with van der Waals surface area (Å²) in [6.07, 6.45) is 3.30. The second kappa shape index (κ2) is 5.08. The van der Waals surface area contributed by atoms with Crippen LogP contribution in [0.1, 0.15) is 42.5 Å². The zero-order valence-corrected chi connectivity index (χ0v) is 13.1. The summed E-state index contributed by atoms with van der Waals surface area (Å²) < 4.78 is 3.64. The van der Waals surface area contributed by atoms with E-state index in [0.29, 0.717) is 24.0 Å². The number of imidazole rings is 1. The van der Waals surface area contributed by atoms with Gasteiger partial charge in [0.1, 0.15) is 12.5 Å². The molecule has 1 N–H and O–H groups in total. The Balaban J connectivity index is 1.97. The van der Waals surface area contributed by atoms with E-state index in [-0.39, 0.29) is 5.91 Å². The number of halogens is 1. The molecular formula is C12H17BrN6O. The second-order valence-corrected chi connectivity index (χ2v) is 5.86. The van der Waals surface area contributed by atoms with Crippen LogP contribution in [0.15, 0.2) is 0 Å². The smallest absolute Gasteiger partial charge is 0.276 e. The summed E-state index contributed by atoms with van der Waals surface area (Å²) in [7, 11) is 0. The number of hydrogen-bond donors (Lipinski definition) is 1. The average Bonchev–Trinajstić information content (AvgIpc) is 2.97. The lowest BCUT2D eigenvalue weighted by Gasteiger charge is -2.32. The summed E-state index contributed by atoms with van der Waals surface area (Å²) in [5.41, 5.74) is 0.599. The Morgan fingerprint density at radius 1 is 1.35 bits per heavy atom. The molecule has 0 radical (unpaired) electrons. The minimum atomic E-state index is 0.0287. The highest BCUT2D eigenvalue weighted by Crippen LogP contribution is 2.30. The van der Waals surface area contributed by atoms with Crippen LogP contribution in [0.4, 0.5) is 5.82 Å². The van der Waals surface area contributed by atoms with Gasteiger partial charge in [0.15, 0.2) is 11.5 Å². The molecule has 2 aromatic heterocycles. The van der Waals surface area contributed by atoms with E-state index in [9.17, 15) is 4.79 Å². The van der Waals surface area contributed by atoms with Gasteiger partial charge in [-0.3, -0.25) is 13.1 Å². The van der Waals surface area contributed by atoms with Gasteiger partial charge in [0.25, 0.3) is 5.91 Å². The maximum absolute atomic E-state index is 12.7. The summed E-state index contributed by atoms with van der Waals surface area (Å²) in [6.45, 7) is 5.30. The third kappa shape index (κ3) is 1.98. The fraction of sp³-hybridized carbons (Fsp3) is 0.583. The number of aryl methyl sites for hydroxylation is 1. The van der Waals surface area contributed by atoms with Gasteiger partial charge in [0, 0.05) is 6.54 Å². The Hall–Kier alpha value is -1.57. The molecule has 3 rings (SSSR count). The summed E-state index contributed by atoms with van der Waals surface area (Å²) in [6, 6.07) is 0. The summed E-state index contributed by atoms with van der Waals surface area (Å²) in [4.78, 5) is 17.6. The molecule has 0 unspecified atom stereocenters. The summed E-state index contributed by atoms with van der Waals surface area (Å²) >= 11 is 3.50. The van der Waals surface area contributed by atoms with Crippen molar-refractivity contribution >= 4 is 33.6 Å². The number of unbranched alkanes of at least 4 members (excludes halogenated alkanes) is 2. The number of aromatic amines is 1. The van der Waals surface area contributed by atoms with Gasteiger partial charge in [-0.1, -0.05) is 19.8 Å². The van der Waals surface area contributed by atoms with Crippen molar-refractivity contribution in [1.29, 1.82) is 0 Å². The maximum atomic E-state index is 12.7. The summed E-state index contributed by atoms with van der Waals surface area (Å²) in [5.74, 6) is 2.08. The average molecular weight is 341 g/mol. The largest absolute Gasteiger partial charge is 0.319 e. The fourth-order valence-corrected chi connectivity index (χ4v) is 3.04. The molecule has 0 aliphatic carbocycles. The number of fused-ring (bicyclic) bond motifs is 3. The number of aromatic nitrogens is 4. The molecule has 1 aliphatic rings. The first kappa shape index (κ1) is 13.4. The zero-order valence-electron chi connectivity index (χ0n) is 11.6. The van der Waals surface area contributed by atoms with Crippen LogP contribution in [-0.2, 0) is 0 Å². The molecule has 0 saturated heterocycles. The van der Waals surface area contributed by atoms with E-state index in [1.807, 2.05) is 15.7 Å². The molecule has 0 bridgehead atoms. The van der Waals surface area contributed by atoms with Crippen LogP contribution in [0.5, 0.6) is 0 Å². The minimum absolute atomic E-state index is 0.0287. The van der Waals surface area contributed by atoms with Gasteiger partial charge in [-0.05, 0) is 13.3 Å². The first-order valence-electron chi connectivity index (χ1n) is 6.79. The van der Waals surface area contributed by atoms with Crippen LogP contribution < -0.4 is 3.93 Å². The SMILES string of the molecule is CCCCCN1CN(Br)c2[nH]c3nnc(C)n3c2C1=O. The molecule has 7 nitrogen and oxygen atoms in total. The monoisotopic (exact) mass is 340 g/mol. The number of rotatable bonds is 4. The lowest BCUT2D eigenvalue weighted by molar-refractivity contribution is 0.0741. The predicted molar refractivity (Wildman–Crippen MR) is 78.9 cm³/mol. The van der Waals surface area contributed by atoms with Crippen LogP contribution in [-0.4, -0.2) is 43.6 Å². The van der Waals surface area contributed by atoms with Crippen LogP contribution in [0, 0.1) is 6.92 Å². The molecule has 0 saturated carbocycles. The molecule has 1 aliphatic heterocycles. The molecule has 3 heterocycles. The minimum Gasteiger partial charge on any atom is -0.319 e. The lowest BCUT2D eigenvalue weighted by Crippen LogP contribution is -2.43. The molecule has 20 heavy (non-hydrogen) atoms. The van der Waals surface area contributed by atoms with E-state index in [4.69, 9.17) is 0 Å². The molecular weight excluding hydrogens is 324 g/mol. The zero-order chi connectivity index (χ0) is 14.3. The van der Waals surface area contributed by atoms with Gasteiger partial charge in [-0.15, -0.1) is 10.2 Å². The highest BCUT2D eigenvalue weighted by Gasteiger charge is 2.33. The Morgan fingerprint density at radius 3 is 2.90 bits per heavy atom. The number of H-pyrrole nitrogens is 1. The molecule has 8 heteroatoms. The van der Waals surface area contributed by atoms with Crippen LogP contribution >= 0.6 is 16.1 Å². The maximum Gasteiger partial charge on any atom is 0.276 e. The van der Waals surface area contributed by atoms with E-state index < -0.39 is 0 Å². The molecule has 108 valence electrons. The Kier molecular flexibility index (Phi) is 3.41. The van der Waals surface area contributed by atoms with Gasteiger partial charge in [0.2, 0.25) is 5.78 Å². The van der Waals surface area contributed by atoms with Crippen LogP contribution in [0.25, 0.3) is 5.78 Å². The van der Waals surface area contributed by atoms with Gasteiger partial charge >= 0.3 is 0 Å². The third-order valence-corrected chi connectivity index (χ3v) is 4.14. The Labute approximate surface area is 125 Å². The van der Waals surface area contributed by atoms with Crippen molar-refractivity contribution in [1.82, 2.24) is 24.5 Å². The molecule has 0 spiro atoms. The van der Waals surface area contributed by atoms with E-state index in [1.165, 1.54) is 0 Å². The van der Waals surface area contributed by atoms with Crippen molar-refractivity contribution in [2.24, 2.45) is 0 Å².